The van der Waals surface area contributed by atoms with Crippen LogP contribution in [0.1, 0.15) is 36.0 Å². The van der Waals surface area contributed by atoms with Gasteiger partial charge < -0.3 is 19.8 Å². The molecule has 30 heavy (non-hydrogen) atoms. The van der Waals surface area contributed by atoms with Crippen LogP contribution < -0.4 is 15.4 Å². The highest BCUT2D eigenvalue weighted by Gasteiger charge is 2.25. The molecule has 8 nitrogen and oxygen atoms in total. The van der Waals surface area contributed by atoms with Gasteiger partial charge in [0, 0.05) is 37.4 Å². The quantitative estimate of drug-likeness (QED) is 0.500. The Morgan fingerprint density at radius 1 is 1.17 bits per heavy atom. The molecule has 2 atom stereocenters. The Kier molecular flexibility index (Phi) is 5.37. The highest BCUT2D eigenvalue weighted by molar-refractivity contribution is 5.80. The number of guanidine groups is 1. The molecule has 0 bridgehead atoms. The first-order chi connectivity index (χ1) is 14.8. The number of nitrogens with zero attached hydrogens (tertiary/aromatic N) is 4. The summed E-state index contributed by atoms with van der Waals surface area (Å²) in [5.74, 6) is 3.76. The summed E-state index contributed by atoms with van der Waals surface area (Å²) in [6, 6.07) is 12.5. The van der Waals surface area contributed by atoms with Crippen LogP contribution in [0.3, 0.4) is 0 Å². The average molecular weight is 406 g/mol. The molecule has 0 aliphatic carbocycles. The minimum atomic E-state index is 0.162. The van der Waals surface area contributed by atoms with E-state index >= 15 is 0 Å². The SMILES string of the molecule is c1coc(CCN=C(NC2CCc3ncnn3C2)NC2CCOc3ccccc32)c1. The first kappa shape index (κ1) is 18.7. The first-order valence-electron chi connectivity index (χ1n) is 10.5. The van der Waals surface area contributed by atoms with Crippen molar-refractivity contribution in [1.82, 2.24) is 25.4 Å². The van der Waals surface area contributed by atoms with E-state index in [4.69, 9.17) is 14.1 Å². The zero-order valence-electron chi connectivity index (χ0n) is 16.8. The normalized spacial score (nSPS) is 20.7. The van der Waals surface area contributed by atoms with E-state index in [1.54, 1.807) is 12.6 Å². The van der Waals surface area contributed by atoms with Crippen LogP contribution in [0.4, 0.5) is 0 Å². The van der Waals surface area contributed by atoms with Gasteiger partial charge >= 0.3 is 0 Å². The molecule has 0 fully saturated rings. The molecule has 2 aromatic heterocycles. The summed E-state index contributed by atoms with van der Waals surface area (Å²) in [7, 11) is 0. The van der Waals surface area contributed by atoms with Crippen LogP contribution in [-0.4, -0.2) is 39.9 Å². The predicted molar refractivity (Wildman–Crippen MR) is 112 cm³/mol. The predicted octanol–water partition coefficient (Wildman–Crippen LogP) is 2.49. The number of ether oxygens (including phenoxy) is 1. The number of fused-ring (bicyclic) bond motifs is 2. The molecular weight excluding hydrogens is 380 g/mol. The van der Waals surface area contributed by atoms with E-state index in [1.165, 1.54) is 5.56 Å². The van der Waals surface area contributed by atoms with Crippen molar-refractivity contribution in [3.8, 4) is 5.75 Å². The van der Waals surface area contributed by atoms with E-state index in [1.807, 2.05) is 28.9 Å². The number of nitrogens with one attached hydrogen (secondary N) is 2. The van der Waals surface area contributed by atoms with Crippen LogP contribution >= 0.6 is 0 Å². The van der Waals surface area contributed by atoms with Gasteiger partial charge in [0.15, 0.2) is 5.96 Å². The second kappa shape index (κ2) is 8.61. The number of rotatable bonds is 5. The molecule has 3 aromatic rings. The Morgan fingerprint density at radius 2 is 2.13 bits per heavy atom. The lowest BCUT2D eigenvalue weighted by Gasteiger charge is -2.30. The Bertz CT molecular complexity index is 997. The third-order valence-corrected chi connectivity index (χ3v) is 5.62. The van der Waals surface area contributed by atoms with Crippen LogP contribution in [0, 0.1) is 0 Å². The summed E-state index contributed by atoms with van der Waals surface area (Å²) in [6.07, 6.45) is 6.91. The number of aliphatic imine (C=N–C) groups is 1. The lowest BCUT2D eigenvalue weighted by atomic mass is 10.0. The van der Waals surface area contributed by atoms with Crippen LogP contribution in [-0.2, 0) is 19.4 Å². The Labute approximate surface area is 175 Å². The molecule has 0 saturated carbocycles. The van der Waals surface area contributed by atoms with Gasteiger partial charge in [-0.15, -0.1) is 0 Å². The van der Waals surface area contributed by atoms with Crippen molar-refractivity contribution in [2.75, 3.05) is 13.2 Å². The minimum absolute atomic E-state index is 0.162. The summed E-state index contributed by atoms with van der Waals surface area (Å²) in [6.45, 7) is 2.13. The summed E-state index contributed by atoms with van der Waals surface area (Å²) in [5, 5.41) is 11.6. The van der Waals surface area contributed by atoms with Gasteiger partial charge in [-0.05, 0) is 24.6 Å². The van der Waals surface area contributed by atoms with Gasteiger partial charge in [0.05, 0.1) is 25.5 Å². The molecule has 0 spiro atoms. The highest BCUT2D eigenvalue weighted by Crippen LogP contribution is 2.31. The average Bonchev–Trinajstić information content (AvgIpc) is 3.45. The minimum Gasteiger partial charge on any atom is -0.493 e. The molecule has 8 heteroatoms. The number of aryl methyl sites for hydroxylation is 1. The third kappa shape index (κ3) is 4.17. The van der Waals surface area contributed by atoms with Crippen molar-refractivity contribution >= 4 is 5.96 Å². The molecule has 5 rings (SSSR count). The van der Waals surface area contributed by atoms with Gasteiger partial charge in [-0.1, -0.05) is 18.2 Å². The molecule has 2 N–H and O–H groups in total. The van der Waals surface area contributed by atoms with Gasteiger partial charge in [-0.25, -0.2) is 9.67 Å². The van der Waals surface area contributed by atoms with Crippen LogP contribution in [0.15, 0.2) is 58.4 Å². The smallest absolute Gasteiger partial charge is 0.192 e. The standard InChI is InChI=1S/C22H26N6O2/c1-2-6-20-18(5-1)19(10-13-30-20)27-22(23-11-9-17-4-3-12-29-17)26-16-7-8-21-24-15-25-28(21)14-16/h1-6,12,15-16,19H,7-11,13-14H2,(H2,23,26,27). The Morgan fingerprint density at radius 3 is 3.07 bits per heavy atom. The van der Waals surface area contributed by atoms with Crippen molar-refractivity contribution < 1.29 is 9.15 Å². The molecule has 2 aliphatic rings. The van der Waals surface area contributed by atoms with Crippen molar-refractivity contribution in [3.63, 3.8) is 0 Å². The van der Waals surface area contributed by atoms with Gasteiger partial charge in [-0.3, -0.25) is 4.99 Å². The number of aromatic nitrogens is 3. The maximum Gasteiger partial charge on any atom is 0.192 e. The fourth-order valence-electron chi connectivity index (χ4n) is 4.07. The number of hydrogen-bond donors (Lipinski definition) is 2. The van der Waals surface area contributed by atoms with Crippen molar-refractivity contribution in [2.45, 2.75) is 44.3 Å². The Balaban J connectivity index is 1.31. The molecule has 0 radical (unpaired) electrons. The van der Waals surface area contributed by atoms with E-state index in [0.717, 1.165) is 55.5 Å². The van der Waals surface area contributed by atoms with Crippen molar-refractivity contribution in [2.24, 2.45) is 4.99 Å². The number of hydrogen-bond acceptors (Lipinski definition) is 5. The lowest BCUT2D eigenvalue weighted by molar-refractivity contribution is 0.261. The van der Waals surface area contributed by atoms with E-state index in [2.05, 4.69) is 32.8 Å². The number of para-hydroxylation sites is 1. The highest BCUT2D eigenvalue weighted by atomic mass is 16.5. The van der Waals surface area contributed by atoms with E-state index in [0.29, 0.717) is 13.2 Å². The zero-order chi connectivity index (χ0) is 20.2. The lowest BCUT2D eigenvalue weighted by Crippen LogP contribution is -2.48. The topological polar surface area (TPSA) is 89.5 Å². The van der Waals surface area contributed by atoms with Crippen molar-refractivity contribution in [1.29, 1.82) is 0 Å². The van der Waals surface area contributed by atoms with Gasteiger partial charge in [0.2, 0.25) is 0 Å². The fraction of sp³-hybridized carbons (Fsp3) is 0.409. The maximum absolute atomic E-state index is 5.81. The second-order valence-electron chi connectivity index (χ2n) is 7.67. The van der Waals surface area contributed by atoms with E-state index < -0.39 is 0 Å². The summed E-state index contributed by atoms with van der Waals surface area (Å²) in [5.41, 5.74) is 1.17. The molecule has 4 heterocycles. The summed E-state index contributed by atoms with van der Waals surface area (Å²) >= 11 is 0. The van der Waals surface area contributed by atoms with Crippen LogP contribution in [0.5, 0.6) is 5.75 Å². The largest absolute Gasteiger partial charge is 0.493 e. The monoisotopic (exact) mass is 406 g/mol. The van der Waals surface area contributed by atoms with Crippen LogP contribution in [0.25, 0.3) is 0 Å². The van der Waals surface area contributed by atoms with Gasteiger partial charge in [-0.2, -0.15) is 5.10 Å². The van der Waals surface area contributed by atoms with Gasteiger partial charge in [0.1, 0.15) is 23.7 Å². The Hall–Kier alpha value is -3.29. The van der Waals surface area contributed by atoms with E-state index in [9.17, 15) is 0 Å². The first-order valence-corrected chi connectivity index (χ1v) is 10.5. The maximum atomic E-state index is 5.81. The number of furan rings is 1. The third-order valence-electron chi connectivity index (χ3n) is 5.62. The molecule has 0 saturated heterocycles. The number of benzene rings is 1. The van der Waals surface area contributed by atoms with Crippen LogP contribution in [0.2, 0.25) is 0 Å². The second-order valence-corrected chi connectivity index (χ2v) is 7.67. The summed E-state index contributed by atoms with van der Waals surface area (Å²) < 4.78 is 13.2. The molecule has 1 aromatic carbocycles. The molecule has 2 aliphatic heterocycles. The molecule has 0 amide bonds. The van der Waals surface area contributed by atoms with Crippen molar-refractivity contribution in [3.05, 3.63) is 66.1 Å². The zero-order valence-corrected chi connectivity index (χ0v) is 16.8. The molecule has 2 unspecified atom stereocenters. The summed E-state index contributed by atoms with van der Waals surface area (Å²) in [4.78, 5) is 9.17. The fourth-order valence-corrected chi connectivity index (χ4v) is 4.07. The molecular formula is C22H26N6O2. The van der Waals surface area contributed by atoms with Gasteiger partial charge in [0.25, 0.3) is 0 Å². The molecule has 156 valence electrons. The van der Waals surface area contributed by atoms with E-state index in [-0.39, 0.29) is 12.1 Å².